The molecule has 2 N–H and O–H groups in total. The maximum atomic E-state index is 12.6. The highest BCUT2D eigenvalue weighted by Gasteiger charge is 2.37. The van der Waals surface area contributed by atoms with Crippen molar-refractivity contribution in [1.82, 2.24) is 0 Å². The normalized spacial score (nSPS) is 18.9. The Labute approximate surface area is 68.6 Å². The van der Waals surface area contributed by atoms with Crippen LogP contribution in [-0.4, -0.2) is 40.0 Å². The molecule has 0 fully saturated rings. The molecule has 0 radical (unpaired) electrons. The Kier molecular flexibility index (Phi) is 3.82. The number of alkyl halides is 1. The summed E-state index contributed by atoms with van der Waals surface area (Å²) in [6.45, 7) is 1.17. The fourth-order valence-corrected chi connectivity index (χ4v) is 1.36. The maximum Gasteiger partial charge on any atom is 0.341 e. The van der Waals surface area contributed by atoms with Crippen LogP contribution in [0.3, 0.4) is 0 Å². The van der Waals surface area contributed by atoms with Crippen molar-refractivity contribution in [1.29, 1.82) is 0 Å². The summed E-state index contributed by atoms with van der Waals surface area (Å²) in [5.41, 5.74) is -1.77. The Morgan fingerprint density at radius 1 is 1.82 bits per heavy atom. The summed E-state index contributed by atoms with van der Waals surface area (Å²) in [5.74, 6) is -1.55. The summed E-state index contributed by atoms with van der Waals surface area (Å²) in [6.07, 6.45) is -0.543. The van der Waals surface area contributed by atoms with Gasteiger partial charge in [-0.15, -0.1) is 0 Å². The van der Waals surface area contributed by atoms with Crippen LogP contribution in [0.5, 0.6) is 0 Å². The molecule has 0 heterocycles. The van der Waals surface area contributed by atoms with Crippen LogP contribution in [0.2, 0.25) is 0 Å². The van der Waals surface area contributed by atoms with E-state index in [1.807, 2.05) is 0 Å². The molecule has 0 aromatic heterocycles. The largest absolute Gasteiger partial charge is 0.479 e. The number of hydrogen-bond donors (Lipinski definition) is 2. The van der Waals surface area contributed by atoms with Crippen LogP contribution in [0.1, 0.15) is 6.92 Å². The summed E-state index contributed by atoms with van der Waals surface area (Å²) in [4.78, 5) is 10.1. The van der Waals surface area contributed by atoms with E-state index in [2.05, 4.69) is 0 Å². The second-order valence-electron chi connectivity index (χ2n) is 2.49. The molecular weight excluding hydrogens is 171 g/mol. The third-order valence-electron chi connectivity index (χ3n) is 1.20. The molecule has 11 heavy (non-hydrogen) atoms. The van der Waals surface area contributed by atoms with E-state index in [9.17, 15) is 14.3 Å². The molecule has 0 spiro atoms. The predicted octanol–water partition coefficient (Wildman–Crippen LogP) is 0.523. The molecule has 3 nitrogen and oxygen atoms in total. The monoisotopic (exact) mass is 182 g/mol. The van der Waals surface area contributed by atoms with Gasteiger partial charge in [-0.25, -0.2) is 9.18 Å². The van der Waals surface area contributed by atoms with E-state index in [1.54, 1.807) is 6.26 Å². The van der Waals surface area contributed by atoms with Crippen molar-refractivity contribution in [2.75, 3.05) is 12.0 Å². The van der Waals surface area contributed by atoms with Crippen LogP contribution < -0.4 is 0 Å². The lowest BCUT2D eigenvalue weighted by atomic mass is 10.0. The highest BCUT2D eigenvalue weighted by atomic mass is 32.2. The van der Waals surface area contributed by atoms with E-state index < -0.39 is 17.7 Å². The lowest BCUT2D eigenvalue weighted by Crippen LogP contribution is -2.43. The van der Waals surface area contributed by atoms with Gasteiger partial charge >= 0.3 is 5.97 Å². The minimum Gasteiger partial charge on any atom is -0.479 e. The van der Waals surface area contributed by atoms with Crippen LogP contribution in [0.25, 0.3) is 0 Å². The molecule has 0 saturated heterocycles. The Hall–Kier alpha value is -0.290. The third-order valence-corrected chi connectivity index (χ3v) is 2.07. The van der Waals surface area contributed by atoms with Gasteiger partial charge in [-0.1, -0.05) is 0 Å². The standard InChI is InChI=1S/C6H11FO3S/c1-6(10,3-11-2)4(7)5(8)9/h4,10H,3H2,1-2H3,(H,8,9). The van der Waals surface area contributed by atoms with Crippen molar-refractivity contribution in [2.45, 2.75) is 18.7 Å². The van der Waals surface area contributed by atoms with Crippen molar-refractivity contribution in [3.63, 3.8) is 0 Å². The molecule has 66 valence electrons. The molecule has 0 rings (SSSR count). The number of thioether (sulfide) groups is 1. The van der Waals surface area contributed by atoms with Gasteiger partial charge in [0.05, 0.1) is 0 Å². The van der Waals surface area contributed by atoms with Gasteiger partial charge in [0.25, 0.3) is 0 Å². The minimum absolute atomic E-state index is 0.0699. The van der Waals surface area contributed by atoms with E-state index in [0.717, 1.165) is 0 Å². The van der Waals surface area contributed by atoms with Gasteiger partial charge in [0.2, 0.25) is 6.17 Å². The average Bonchev–Trinajstić information content (AvgIpc) is 1.86. The highest BCUT2D eigenvalue weighted by molar-refractivity contribution is 7.98. The first kappa shape index (κ1) is 10.7. The van der Waals surface area contributed by atoms with E-state index in [-0.39, 0.29) is 5.75 Å². The van der Waals surface area contributed by atoms with Crippen LogP contribution in [0.4, 0.5) is 4.39 Å². The second kappa shape index (κ2) is 3.92. The molecule has 2 unspecified atom stereocenters. The van der Waals surface area contributed by atoms with Crippen LogP contribution in [0, 0.1) is 0 Å². The van der Waals surface area contributed by atoms with Gasteiger partial charge in [-0.3, -0.25) is 0 Å². The number of carboxylic acid groups (broad SMARTS) is 1. The SMILES string of the molecule is CSCC(C)(O)C(F)C(=O)O. The van der Waals surface area contributed by atoms with Gasteiger partial charge < -0.3 is 10.2 Å². The molecule has 0 amide bonds. The molecule has 0 aliphatic carbocycles. The van der Waals surface area contributed by atoms with Crippen molar-refractivity contribution in [3.05, 3.63) is 0 Å². The van der Waals surface area contributed by atoms with E-state index in [4.69, 9.17) is 5.11 Å². The fraction of sp³-hybridized carbons (Fsp3) is 0.833. The summed E-state index contributed by atoms with van der Waals surface area (Å²) >= 11 is 1.20. The Morgan fingerprint density at radius 2 is 2.27 bits per heavy atom. The minimum atomic E-state index is -2.21. The molecule has 5 heteroatoms. The predicted molar refractivity (Wildman–Crippen MR) is 41.5 cm³/mol. The number of hydrogen-bond acceptors (Lipinski definition) is 3. The smallest absolute Gasteiger partial charge is 0.341 e. The van der Waals surface area contributed by atoms with Gasteiger partial charge in [0.1, 0.15) is 5.60 Å². The molecule has 0 aromatic rings. The molecule has 0 aliphatic rings. The Bertz CT molecular complexity index is 149. The summed E-state index contributed by atoms with van der Waals surface area (Å²) in [6, 6.07) is 0. The number of aliphatic carboxylic acids is 1. The topological polar surface area (TPSA) is 57.5 Å². The maximum absolute atomic E-state index is 12.6. The van der Waals surface area contributed by atoms with Crippen LogP contribution >= 0.6 is 11.8 Å². The fourth-order valence-electron chi connectivity index (χ4n) is 0.631. The molecule has 0 saturated carbocycles. The second-order valence-corrected chi connectivity index (χ2v) is 3.36. The zero-order chi connectivity index (χ0) is 9.07. The highest BCUT2D eigenvalue weighted by Crippen LogP contribution is 2.18. The van der Waals surface area contributed by atoms with Gasteiger partial charge in [-0.05, 0) is 13.2 Å². The van der Waals surface area contributed by atoms with Crippen LogP contribution in [-0.2, 0) is 4.79 Å². The lowest BCUT2D eigenvalue weighted by Gasteiger charge is -2.22. The van der Waals surface area contributed by atoms with Crippen molar-refractivity contribution < 1.29 is 19.4 Å². The van der Waals surface area contributed by atoms with Crippen molar-refractivity contribution >= 4 is 17.7 Å². The molecule has 0 aromatic carbocycles. The van der Waals surface area contributed by atoms with E-state index in [1.165, 1.54) is 18.7 Å². The first-order valence-corrected chi connectivity index (χ1v) is 4.39. The molecule has 0 aliphatic heterocycles. The zero-order valence-electron chi connectivity index (χ0n) is 6.37. The van der Waals surface area contributed by atoms with E-state index in [0.29, 0.717) is 0 Å². The molecular formula is C6H11FO3S. The van der Waals surface area contributed by atoms with Crippen molar-refractivity contribution in [2.24, 2.45) is 0 Å². The molecule has 0 bridgehead atoms. The zero-order valence-corrected chi connectivity index (χ0v) is 7.19. The lowest BCUT2D eigenvalue weighted by molar-refractivity contribution is -0.151. The number of carboxylic acids is 1. The van der Waals surface area contributed by atoms with E-state index >= 15 is 0 Å². The number of carbonyl (C=O) groups is 1. The van der Waals surface area contributed by atoms with Gasteiger partial charge in [0, 0.05) is 5.75 Å². The number of halogens is 1. The third kappa shape index (κ3) is 3.07. The summed E-state index contributed by atoms with van der Waals surface area (Å²) < 4.78 is 12.6. The number of rotatable bonds is 4. The van der Waals surface area contributed by atoms with Gasteiger partial charge in [-0.2, -0.15) is 11.8 Å². The molecule has 2 atom stereocenters. The van der Waals surface area contributed by atoms with Crippen molar-refractivity contribution in [3.8, 4) is 0 Å². The first-order chi connectivity index (χ1) is 4.91. The summed E-state index contributed by atoms with van der Waals surface area (Å²) in [5, 5.41) is 17.4. The summed E-state index contributed by atoms with van der Waals surface area (Å²) in [7, 11) is 0. The quantitative estimate of drug-likeness (QED) is 0.665. The van der Waals surface area contributed by atoms with Crippen LogP contribution in [0.15, 0.2) is 0 Å². The van der Waals surface area contributed by atoms with Gasteiger partial charge in [0.15, 0.2) is 0 Å². The average molecular weight is 182 g/mol. The first-order valence-electron chi connectivity index (χ1n) is 3.00. The Morgan fingerprint density at radius 3 is 2.55 bits per heavy atom. The number of aliphatic hydroxyl groups is 1. The Balaban J connectivity index is 4.16.